The molecule has 1 atom stereocenters. The fraction of sp³-hybridized carbons (Fsp3) is 0.714. The number of carbonyl (C=O) groups excluding carboxylic acids is 1. The van der Waals surface area contributed by atoms with E-state index in [9.17, 15) is 4.79 Å². The van der Waals surface area contributed by atoms with Crippen LogP contribution in [0.1, 0.15) is 47.8 Å². The largest absolute Gasteiger partial charge is 0.381 e. The summed E-state index contributed by atoms with van der Waals surface area (Å²) in [7, 11) is 0. The van der Waals surface area contributed by atoms with Crippen LogP contribution in [0.25, 0.3) is 0 Å². The lowest BCUT2D eigenvalue weighted by molar-refractivity contribution is 0.0760. The first-order valence-electron chi connectivity index (χ1n) is 7.29. The van der Waals surface area contributed by atoms with E-state index in [1.54, 1.807) is 0 Å². The molecule has 6 heteroatoms. The van der Waals surface area contributed by atoms with Gasteiger partial charge in [-0.3, -0.25) is 9.89 Å². The molecule has 108 valence electrons. The Morgan fingerprint density at radius 1 is 1.45 bits per heavy atom. The molecule has 3 fully saturated rings. The predicted octanol–water partition coefficient (Wildman–Crippen LogP) is 2.19. The molecule has 0 radical (unpaired) electrons. The molecular weight excluding hydrogens is 278 g/mol. The molecular formula is C14H18ClN3O2. The summed E-state index contributed by atoms with van der Waals surface area (Å²) in [5.41, 5.74) is 1.51. The smallest absolute Gasteiger partial charge is 0.275 e. The van der Waals surface area contributed by atoms with E-state index in [2.05, 4.69) is 10.2 Å². The number of ether oxygens (including phenoxy) is 1. The lowest BCUT2D eigenvalue weighted by atomic mass is 9.87. The molecule has 2 aliphatic heterocycles. The van der Waals surface area contributed by atoms with Crippen LogP contribution in [0.2, 0.25) is 5.02 Å². The van der Waals surface area contributed by atoms with E-state index in [0.29, 0.717) is 16.6 Å². The summed E-state index contributed by atoms with van der Waals surface area (Å²) >= 11 is 6.32. The van der Waals surface area contributed by atoms with Crippen molar-refractivity contribution in [2.24, 2.45) is 5.41 Å². The average Bonchev–Trinajstić information content (AvgIpc) is 2.89. The van der Waals surface area contributed by atoms with Crippen molar-refractivity contribution >= 4 is 17.5 Å². The molecule has 1 saturated carbocycles. The van der Waals surface area contributed by atoms with Crippen LogP contribution < -0.4 is 0 Å². The van der Waals surface area contributed by atoms with Crippen LogP contribution in [0.4, 0.5) is 0 Å². The summed E-state index contributed by atoms with van der Waals surface area (Å²) < 4.78 is 5.50. The van der Waals surface area contributed by atoms with E-state index < -0.39 is 0 Å². The molecule has 1 aliphatic carbocycles. The Kier molecular flexibility index (Phi) is 2.82. The van der Waals surface area contributed by atoms with Gasteiger partial charge in [0, 0.05) is 31.0 Å². The first kappa shape index (κ1) is 12.7. The molecule has 1 N–H and O–H groups in total. The number of aromatic amines is 1. The topological polar surface area (TPSA) is 58.2 Å². The maximum atomic E-state index is 12.6. The Bertz CT molecular complexity index is 547. The van der Waals surface area contributed by atoms with Gasteiger partial charge in [-0.1, -0.05) is 11.6 Å². The summed E-state index contributed by atoms with van der Waals surface area (Å²) in [5, 5.41) is 7.63. The van der Waals surface area contributed by atoms with Crippen molar-refractivity contribution in [3.8, 4) is 0 Å². The van der Waals surface area contributed by atoms with E-state index >= 15 is 0 Å². The van der Waals surface area contributed by atoms with Gasteiger partial charge in [-0.25, -0.2) is 0 Å². The number of aromatic nitrogens is 2. The van der Waals surface area contributed by atoms with E-state index in [-0.39, 0.29) is 11.3 Å². The van der Waals surface area contributed by atoms with Crippen LogP contribution in [0.5, 0.6) is 0 Å². The molecule has 5 nitrogen and oxygen atoms in total. The number of nitrogens with one attached hydrogen (secondary N) is 1. The maximum absolute atomic E-state index is 12.6. The van der Waals surface area contributed by atoms with Gasteiger partial charge in [-0.15, -0.1) is 0 Å². The standard InChI is InChI=1S/C14H18ClN3O2/c15-10-11(9-1-2-9)16-17-12(10)13(19)18-5-3-14(7-18)4-6-20-8-14/h9H,1-8H2,(H,16,17). The van der Waals surface area contributed by atoms with Crippen molar-refractivity contribution in [2.45, 2.75) is 31.6 Å². The number of nitrogens with zero attached hydrogens (tertiary/aromatic N) is 2. The van der Waals surface area contributed by atoms with Gasteiger partial charge in [0.25, 0.3) is 5.91 Å². The fourth-order valence-electron chi connectivity index (χ4n) is 3.36. The van der Waals surface area contributed by atoms with Crippen molar-refractivity contribution in [3.63, 3.8) is 0 Å². The fourth-order valence-corrected chi connectivity index (χ4v) is 3.68. The van der Waals surface area contributed by atoms with Crippen LogP contribution in [0, 0.1) is 5.41 Å². The van der Waals surface area contributed by atoms with Crippen LogP contribution >= 0.6 is 11.6 Å². The Hall–Kier alpha value is -1.07. The van der Waals surface area contributed by atoms with Gasteiger partial charge in [0.1, 0.15) is 0 Å². The molecule has 1 aromatic heterocycles. The van der Waals surface area contributed by atoms with Gasteiger partial charge in [-0.2, -0.15) is 5.10 Å². The number of hydrogen-bond acceptors (Lipinski definition) is 3. The SMILES string of the molecule is O=C(c1n[nH]c(C2CC2)c1Cl)N1CCC2(CCOC2)C1. The third kappa shape index (κ3) is 1.95. The van der Waals surface area contributed by atoms with Gasteiger partial charge in [0.15, 0.2) is 5.69 Å². The van der Waals surface area contributed by atoms with E-state index in [0.717, 1.165) is 57.7 Å². The predicted molar refractivity (Wildman–Crippen MR) is 74.0 cm³/mol. The molecule has 0 bridgehead atoms. The van der Waals surface area contributed by atoms with Gasteiger partial charge in [0.2, 0.25) is 0 Å². The minimum absolute atomic E-state index is 0.0399. The normalized spacial score (nSPS) is 29.6. The first-order valence-corrected chi connectivity index (χ1v) is 7.67. The molecule has 1 unspecified atom stereocenters. The molecule has 0 aromatic carbocycles. The van der Waals surface area contributed by atoms with Gasteiger partial charge < -0.3 is 9.64 Å². The monoisotopic (exact) mass is 295 g/mol. The summed E-state index contributed by atoms with van der Waals surface area (Å²) in [6, 6.07) is 0. The molecule has 4 rings (SSSR count). The number of amides is 1. The zero-order valence-electron chi connectivity index (χ0n) is 11.3. The number of likely N-dealkylation sites (tertiary alicyclic amines) is 1. The van der Waals surface area contributed by atoms with E-state index in [1.807, 2.05) is 4.90 Å². The zero-order valence-corrected chi connectivity index (χ0v) is 12.1. The highest BCUT2D eigenvalue weighted by Gasteiger charge is 2.44. The highest BCUT2D eigenvalue weighted by molar-refractivity contribution is 6.34. The van der Waals surface area contributed by atoms with Crippen molar-refractivity contribution in [3.05, 3.63) is 16.4 Å². The van der Waals surface area contributed by atoms with Crippen molar-refractivity contribution < 1.29 is 9.53 Å². The molecule has 3 aliphatic rings. The number of hydrogen-bond donors (Lipinski definition) is 1. The Morgan fingerprint density at radius 2 is 2.30 bits per heavy atom. The minimum Gasteiger partial charge on any atom is -0.381 e. The quantitative estimate of drug-likeness (QED) is 0.910. The molecule has 1 aromatic rings. The second-order valence-corrected chi connectivity index (χ2v) is 6.73. The lowest BCUT2D eigenvalue weighted by Gasteiger charge is -2.21. The van der Waals surface area contributed by atoms with Crippen molar-refractivity contribution in [1.82, 2.24) is 15.1 Å². The summed E-state index contributed by atoms with van der Waals surface area (Å²) in [6.45, 7) is 3.15. The van der Waals surface area contributed by atoms with Crippen molar-refractivity contribution in [2.75, 3.05) is 26.3 Å². The van der Waals surface area contributed by atoms with E-state index in [4.69, 9.17) is 16.3 Å². The number of carbonyl (C=O) groups is 1. The third-order valence-electron chi connectivity index (χ3n) is 4.83. The molecule has 3 heterocycles. The molecule has 20 heavy (non-hydrogen) atoms. The average molecular weight is 296 g/mol. The molecule has 2 saturated heterocycles. The Labute approximate surface area is 122 Å². The third-order valence-corrected chi connectivity index (χ3v) is 5.21. The zero-order chi connectivity index (χ0) is 13.7. The summed E-state index contributed by atoms with van der Waals surface area (Å²) in [5.74, 6) is 0.437. The van der Waals surface area contributed by atoms with Gasteiger partial charge >= 0.3 is 0 Å². The number of H-pyrrole nitrogens is 1. The second-order valence-electron chi connectivity index (χ2n) is 6.35. The first-order chi connectivity index (χ1) is 9.69. The van der Waals surface area contributed by atoms with Crippen molar-refractivity contribution in [1.29, 1.82) is 0 Å². The molecule has 1 spiro atoms. The van der Waals surface area contributed by atoms with Gasteiger partial charge in [0.05, 0.1) is 17.3 Å². The van der Waals surface area contributed by atoms with Crippen LogP contribution in [0.3, 0.4) is 0 Å². The van der Waals surface area contributed by atoms with Crippen LogP contribution in [-0.2, 0) is 4.74 Å². The number of rotatable bonds is 2. The molecule has 1 amide bonds. The summed E-state index contributed by atoms with van der Waals surface area (Å²) in [4.78, 5) is 14.5. The highest BCUT2D eigenvalue weighted by atomic mass is 35.5. The minimum atomic E-state index is -0.0399. The second kappa shape index (κ2) is 4.46. The Morgan fingerprint density at radius 3 is 3.00 bits per heavy atom. The van der Waals surface area contributed by atoms with Gasteiger partial charge in [-0.05, 0) is 25.7 Å². The lowest BCUT2D eigenvalue weighted by Crippen LogP contribution is -2.32. The summed E-state index contributed by atoms with van der Waals surface area (Å²) in [6.07, 6.45) is 4.36. The number of halogens is 1. The maximum Gasteiger partial charge on any atom is 0.275 e. The van der Waals surface area contributed by atoms with E-state index in [1.165, 1.54) is 0 Å². The Balaban J connectivity index is 1.53. The van der Waals surface area contributed by atoms with Crippen LogP contribution in [-0.4, -0.2) is 47.3 Å². The van der Waals surface area contributed by atoms with Crippen LogP contribution in [0.15, 0.2) is 0 Å². The highest BCUT2D eigenvalue weighted by Crippen LogP contribution is 2.43.